The van der Waals surface area contributed by atoms with Crippen LogP contribution < -0.4 is 19.7 Å². The largest absolute Gasteiger partial charge is 0.506 e. The number of hydrogen-bond donors (Lipinski definition) is 2. The van der Waals surface area contributed by atoms with Crippen molar-refractivity contribution in [2.45, 2.75) is 13.5 Å². The molecule has 1 saturated heterocycles. The van der Waals surface area contributed by atoms with Gasteiger partial charge in [-0.25, -0.2) is 0 Å². The molecule has 1 aromatic heterocycles. The molecule has 38 heavy (non-hydrogen) atoms. The Labute approximate surface area is 222 Å². The highest BCUT2D eigenvalue weighted by atomic mass is 16.5. The Kier molecular flexibility index (Phi) is 7.33. The third-order valence-corrected chi connectivity index (χ3v) is 6.97. The molecule has 5 rings (SSSR count). The number of pyridine rings is 1. The van der Waals surface area contributed by atoms with Gasteiger partial charge in [-0.05, 0) is 35.9 Å². The van der Waals surface area contributed by atoms with Crippen LogP contribution in [-0.4, -0.2) is 61.3 Å². The van der Waals surface area contributed by atoms with E-state index in [0.717, 1.165) is 72.0 Å². The first-order chi connectivity index (χ1) is 18.5. The summed E-state index contributed by atoms with van der Waals surface area (Å²) in [5.74, 6) is 1.52. The number of hydrogen-bond acceptors (Lipinski definition) is 7. The Bertz CT molecular complexity index is 1460. The molecule has 0 spiro atoms. The topological polar surface area (TPSA) is 87.2 Å². The number of carbonyl (C=O) groups excluding carboxylic acids is 1. The van der Waals surface area contributed by atoms with E-state index < -0.39 is 0 Å². The summed E-state index contributed by atoms with van der Waals surface area (Å²) in [7, 11) is 3.32. The number of nitrogens with zero attached hydrogens (tertiary/aromatic N) is 3. The number of anilines is 2. The minimum absolute atomic E-state index is 0.141. The SMILES string of the molecule is COc1ccccc1-c1c(NC(C)=O)ccc(OC)c1N1CCN(Cc2ccc(O)c3ncccc23)CC1. The molecule has 0 saturated carbocycles. The van der Waals surface area contributed by atoms with Crippen LogP contribution in [0.2, 0.25) is 0 Å². The van der Waals surface area contributed by atoms with E-state index in [4.69, 9.17) is 9.47 Å². The maximum Gasteiger partial charge on any atom is 0.221 e. The Balaban J connectivity index is 1.47. The average molecular weight is 513 g/mol. The summed E-state index contributed by atoms with van der Waals surface area (Å²) in [6, 6.07) is 19.2. The highest BCUT2D eigenvalue weighted by Crippen LogP contribution is 2.47. The molecule has 196 valence electrons. The van der Waals surface area contributed by atoms with Crippen molar-refractivity contribution in [2.24, 2.45) is 0 Å². The van der Waals surface area contributed by atoms with Gasteiger partial charge in [0.2, 0.25) is 5.91 Å². The lowest BCUT2D eigenvalue weighted by Crippen LogP contribution is -2.46. The van der Waals surface area contributed by atoms with Crippen LogP contribution in [0.1, 0.15) is 12.5 Å². The molecule has 2 N–H and O–H groups in total. The van der Waals surface area contributed by atoms with Crippen LogP contribution in [-0.2, 0) is 11.3 Å². The van der Waals surface area contributed by atoms with Crippen molar-refractivity contribution < 1.29 is 19.4 Å². The minimum Gasteiger partial charge on any atom is -0.506 e. The normalized spacial score (nSPS) is 13.9. The quantitative estimate of drug-likeness (QED) is 0.364. The number of benzene rings is 3. The molecule has 1 fully saturated rings. The summed E-state index contributed by atoms with van der Waals surface area (Å²) in [5.41, 5.74) is 5.17. The van der Waals surface area contributed by atoms with E-state index >= 15 is 0 Å². The van der Waals surface area contributed by atoms with Gasteiger partial charge in [0.05, 0.1) is 25.6 Å². The molecule has 3 aromatic carbocycles. The van der Waals surface area contributed by atoms with Gasteiger partial charge < -0.3 is 24.8 Å². The second-order valence-electron chi connectivity index (χ2n) is 9.33. The molecule has 4 aromatic rings. The number of aromatic nitrogens is 1. The molecular formula is C30H32N4O4. The number of aromatic hydroxyl groups is 1. The minimum atomic E-state index is -0.141. The number of phenols is 1. The lowest BCUT2D eigenvalue weighted by Gasteiger charge is -2.38. The maximum absolute atomic E-state index is 12.1. The lowest BCUT2D eigenvalue weighted by atomic mass is 9.98. The molecule has 2 heterocycles. The first-order valence-electron chi connectivity index (χ1n) is 12.6. The van der Waals surface area contributed by atoms with Crippen molar-refractivity contribution in [1.29, 1.82) is 0 Å². The number of phenolic OH excluding ortho intramolecular Hbond substituents is 1. The number of rotatable bonds is 7. The lowest BCUT2D eigenvalue weighted by molar-refractivity contribution is -0.114. The summed E-state index contributed by atoms with van der Waals surface area (Å²) in [4.78, 5) is 21.2. The second kappa shape index (κ2) is 11.0. The van der Waals surface area contributed by atoms with Gasteiger partial charge in [0.1, 0.15) is 22.8 Å². The molecule has 0 aliphatic carbocycles. The van der Waals surface area contributed by atoms with E-state index in [2.05, 4.69) is 20.1 Å². The molecule has 0 unspecified atom stereocenters. The van der Waals surface area contributed by atoms with Crippen molar-refractivity contribution in [3.8, 4) is 28.4 Å². The van der Waals surface area contributed by atoms with Crippen LogP contribution in [0, 0.1) is 0 Å². The number of nitrogens with one attached hydrogen (secondary N) is 1. The van der Waals surface area contributed by atoms with E-state index in [9.17, 15) is 9.90 Å². The molecule has 0 bridgehead atoms. The molecule has 1 aliphatic heterocycles. The fraction of sp³-hybridized carbons (Fsp3) is 0.267. The van der Waals surface area contributed by atoms with Crippen molar-refractivity contribution in [1.82, 2.24) is 9.88 Å². The first-order valence-corrected chi connectivity index (χ1v) is 12.6. The summed E-state index contributed by atoms with van der Waals surface area (Å²) in [6.45, 7) is 5.49. The van der Waals surface area contributed by atoms with Crippen LogP contribution in [0.5, 0.6) is 17.2 Å². The van der Waals surface area contributed by atoms with Gasteiger partial charge in [-0.1, -0.05) is 30.3 Å². The van der Waals surface area contributed by atoms with Crippen LogP contribution in [0.25, 0.3) is 22.0 Å². The summed E-state index contributed by atoms with van der Waals surface area (Å²) in [5, 5.41) is 14.2. The summed E-state index contributed by atoms with van der Waals surface area (Å²) < 4.78 is 11.5. The second-order valence-corrected chi connectivity index (χ2v) is 9.33. The van der Waals surface area contributed by atoms with Crippen molar-refractivity contribution in [3.05, 3.63) is 72.4 Å². The number of methoxy groups -OCH3 is 2. The van der Waals surface area contributed by atoms with Gasteiger partial charge in [-0.15, -0.1) is 0 Å². The number of carbonyl (C=O) groups is 1. The van der Waals surface area contributed by atoms with Gasteiger partial charge in [0, 0.05) is 62.4 Å². The third-order valence-electron chi connectivity index (χ3n) is 6.97. The number of para-hydroxylation sites is 1. The van der Waals surface area contributed by atoms with E-state index in [-0.39, 0.29) is 11.7 Å². The number of fused-ring (bicyclic) bond motifs is 1. The number of piperazine rings is 1. The molecule has 1 aliphatic rings. The summed E-state index contributed by atoms with van der Waals surface area (Å²) >= 11 is 0. The molecule has 8 heteroatoms. The molecular weight excluding hydrogens is 480 g/mol. The first kappa shape index (κ1) is 25.4. The molecule has 0 radical (unpaired) electrons. The zero-order chi connectivity index (χ0) is 26.6. The standard InChI is InChI=1S/C30H32N4O4/c1-20(35)32-24-11-13-27(38-3)30(28(24)23-7-4-5-9-26(23)37-2)34-17-15-33(16-18-34)19-21-10-12-25(36)29-22(21)8-6-14-31-29/h4-14,36H,15-19H2,1-3H3,(H,32,35). The van der Waals surface area contributed by atoms with E-state index in [1.54, 1.807) is 26.5 Å². The molecule has 8 nitrogen and oxygen atoms in total. The van der Waals surface area contributed by atoms with Gasteiger partial charge in [0.25, 0.3) is 0 Å². The predicted octanol–water partition coefficient (Wildman–Crippen LogP) is 4.91. The predicted molar refractivity (Wildman–Crippen MR) is 150 cm³/mol. The fourth-order valence-corrected chi connectivity index (χ4v) is 5.19. The Morgan fingerprint density at radius 2 is 1.71 bits per heavy atom. The number of ether oxygens (including phenoxy) is 2. The summed E-state index contributed by atoms with van der Waals surface area (Å²) in [6.07, 6.45) is 1.70. The Morgan fingerprint density at radius 1 is 0.947 bits per heavy atom. The van der Waals surface area contributed by atoms with Crippen molar-refractivity contribution in [3.63, 3.8) is 0 Å². The van der Waals surface area contributed by atoms with Crippen LogP contribution in [0.15, 0.2) is 66.9 Å². The van der Waals surface area contributed by atoms with Crippen molar-refractivity contribution >= 4 is 28.2 Å². The van der Waals surface area contributed by atoms with E-state index in [1.165, 1.54) is 6.92 Å². The monoisotopic (exact) mass is 512 g/mol. The zero-order valence-corrected chi connectivity index (χ0v) is 21.9. The van der Waals surface area contributed by atoms with Gasteiger partial charge in [0.15, 0.2) is 0 Å². The van der Waals surface area contributed by atoms with Crippen LogP contribution >= 0.6 is 0 Å². The smallest absolute Gasteiger partial charge is 0.221 e. The van der Waals surface area contributed by atoms with Gasteiger partial charge in [-0.3, -0.25) is 14.7 Å². The molecule has 0 atom stereocenters. The fourth-order valence-electron chi connectivity index (χ4n) is 5.19. The van der Waals surface area contributed by atoms with E-state index in [0.29, 0.717) is 11.2 Å². The maximum atomic E-state index is 12.1. The van der Waals surface area contributed by atoms with Crippen molar-refractivity contribution in [2.75, 3.05) is 50.6 Å². The van der Waals surface area contributed by atoms with Crippen LogP contribution in [0.3, 0.4) is 0 Å². The Hall–Kier alpha value is -4.30. The zero-order valence-electron chi connectivity index (χ0n) is 21.9. The Morgan fingerprint density at radius 3 is 2.45 bits per heavy atom. The number of amides is 1. The van der Waals surface area contributed by atoms with Crippen LogP contribution in [0.4, 0.5) is 11.4 Å². The highest BCUT2D eigenvalue weighted by Gasteiger charge is 2.27. The highest BCUT2D eigenvalue weighted by molar-refractivity contribution is 6.01. The van der Waals surface area contributed by atoms with Gasteiger partial charge >= 0.3 is 0 Å². The van der Waals surface area contributed by atoms with Gasteiger partial charge in [-0.2, -0.15) is 0 Å². The third kappa shape index (κ3) is 4.95. The average Bonchev–Trinajstić information content (AvgIpc) is 2.94. The molecule has 1 amide bonds. The van der Waals surface area contributed by atoms with E-state index in [1.807, 2.05) is 54.6 Å².